The molecule has 0 aliphatic heterocycles. The Labute approximate surface area is 75.4 Å². The maximum atomic E-state index is 5.41. The molecular weight excluding hydrogens is 166 g/mol. The van der Waals surface area contributed by atoms with Crippen LogP contribution in [0.25, 0.3) is 11.5 Å². The van der Waals surface area contributed by atoms with E-state index in [0.29, 0.717) is 12.4 Å². The van der Waals surface area contributed by atoms with Crippen LogP contribution in [0.4, 0.5) is 0 Å². The second-order valence-corrected chi connectivity index (χ2v) is 2.58. The summed E-state index contributed by atoms with van der Waals surface area (Å²) in [5.41, 5.74) is 7.07. The third-order valence-electron chi connectivity index (χ3n) is 1.69. The van der Waals surface area contributed by atoms with Gasteiger partial charge in [0, 0.05) is 24.5 Å². The van der Waals surface area contributed by atoms with Crippen LogP contribution < -0.4 is 5.73 Å². The van der Waals surface area contributed by atoms with Crippen LogP contribution in [0.5, 0.6) is 0 Å². The minimum Gasteiger partial charge on any atom is -0.444 e. The van der Waals surface area contributed by atoms with Crippen molar-refractivity contribution in [1.29, 1.82) is 0 Å². The van der Waals surface area contributed by atoms with Crippen LogP contribution >= 0.6 is 0 Å². The Morgan fingerprint density at radius 2 is 2.08 bits per heavy atom. The van der Waals surface area contributed by atoms with E-state index in [0.717, 1.165) is 11.3 Å². The molecule has 0 aromatic carbocycles. The highest BCUT2D eigenvalue weighted by atomic mass is 16.3. The van der Waals surface area contributed by atoms with Crippen molar-refractivity contribution in [2.75, 3.05) is 0 Å². The van der Waals surface area contributed by atoms with Crippen molar-refractivity contribution < 1.29 is 4.42 Å². The number of hydrogen-bond acceptors (Lipinski definition) is 4. The van der Waals surface area contributed by atoms with Crippen molar-refractivity contribution in [3.8, 4) is 11.5 Å². The van der Waals surface area contributed by atoms with E-state index in [1.54, 1.807) is 18.7 Å². The van der Waals surface area contributed by atoms with Gasteiger partial charge in [-0.1, -0.05) is 0 Å². The zero-order valence-corrected chi connectivity index (χ0v) is 6.97. The van der Waals surface area contributed by atoms with Crippen molar-refractivity contribution >= 4 is 0 Å². The fourth-order valence-corrected chi connectivity index (χ4v) is 1.03. The molecule has 0 atom stereocenters. The molecule has 4 heteroatoms. The minimum atomic E-state index is 0.397. The summed E-state index contributed by atoms with van der Waals surface area (Å²) in [6.45, 7) is 0.397. The predicted octanol–water partition coefficient (Wildman–Crippen LogP) is 1.20. The highest BCUT2D eigenvalue weighted by Crippen LogP contribution is 2.16. The van der Waals surface area contributed by atoms with Gasteiger partial charge in [0.1, 0.15) is 6.26 Å². The molecule has 0 fully saturated rings. The number of pyridine rings is 1. The topological polar surface area (TPSA) is 64.9 Å². The van der Waals surface area contributed by atoms with Crippen LogP contribution in [0.15, 0.2) is 35.2 Å². The average Bonchev–Trinajstić information content (AvgIpc) is 2.67. The van der Waals surface area contributed by atoms with Crippen LogP contribution in [0.1, 0.15) is 5.69 Å². The lowest BCUT2D eigenvalue weighted by molar-refractivity contribution is 0.572. The SMILES string of the molecule is NCc1coc(-c2ccncc2)n1. The zero-order valence-electron chi connectivity index (χ0n) is 6.97. The number of rotatable bonds is 2. The van der Waals surface area contributed by atoms with Crippen LogP contribution in [0.3, 0.4) is 0 Å². The smallest absolute Gasteiger partial charge is 0.226 e. The molecule has 0 amide bonds. The third kappa shape index (κ3) is 1.57. The summed E-state index contributed by atoms with van der Waals surface area (Å²) in [7, 11) is 0. The molecule has 2 N–H and O–H groups in total. The number of nitrogens with two attached hydrogens (primary N) is 1. The van der Waals surface area contributed by atoms with Gasteiger partial charge in [0.2, 0.25) is 5.89 Å². The van der Waals surface area contributed by atoms with E-state index in [4.69, 9.17) is 10.2 Å². The lowest BCUT2D eigenvalue weighted by atomic mass is 10.3. The first-order valence-corrected chi connectivity index (χ1v) is 3.95. The molecule has 66 valence electrons. The van der Waals surface area contributed by atoms with Gasteiger partial charge < -0.3 is 10.2 Å². The molecule has 2 rings (SSSR count). The number of hydrogen-bond donors (Lipinski definition) is 1. The van der Waals surface area contributed by atoms with Crippen molar-refractivity contribution in [3.05, 3.63) is 36.5 Å². The largest absolute Gasteiger partial charge is 0.444 e. The normalized spacial score (nSPS) is 10.2. The summed E-state index contributed by atoms with van der Waals surface area (Å²) >= 11 is 0. The van der Waals surface area contributed by atoms with E-state index in [-0.39, 0.29) is 0 Å². The Balaban J connectivity index is 2.36. The van der Waals surface area contributed by atoms with Gasteiger partial charge >= 0.3 is 0 Å². The predicted molar refractivity (Wildman–Crippen MR) is 47.6 cm³/mol. The Morgan fingerprint density at radius 1 is 1.31 bits per heavy atom. The molecule has 0 unspecified atom stereocenters. The molecular formula is C9H9N3O. The fourth-order valence-electron chi connectivity index (χ4n) is 1.03. The van der Waals surface area contributed by atoms with E-state index >= 15 is 0 Å². The summed E-state index contributed by atoms with van der Waals surface area (Å²) in [4.78, 5) is 8.08. The van der Waals surface area contributed by atoms with Crippen LogP contribution in [-0.4, -0.2) is 9.97 Å². The lowest BCUT2D eigenvalue weighted by Gasteiger charge is -1.91. The van der Waals surface area contributed by atoms with E-state index in [2.05, 4.69) is 9.97 Å². The molecule has 0 radical (unpaired) electrons. The van der Waals surface area contributed by atoms with Gasteiger partial charge in [-0.25, -0.2) is 4.98 Å². The van der Waals surface area contributed by atoms with Gasteiger partial charge in [0.15, 0.2) is 0 Å². The van der Waals surface area contributed by atoms with Gasteiger partial charge in [-0.05, 0) is 12.1 Å². The molecule has 0 saturated heterocycles. The van der Waals surface area contributed by atoms with Gasteiger partial charge in [-0.2, -0.15) is 0 Å². The van der Waals surface area contributed by atoms with Gasteiger partial charge in [-0.15, -0.1) is 0 Å². The lowest BCUT2D eigenvalue weighted by Crippen LogP contribution is -1.95. The second-order valence-electron chi connectivity index (χ2n) is 2.58. The number of oxazole rings is 1. The van der Waals surface area contributed by atoms with Gasteiger partial charge in [-0.3, -0.25) is 4.98 Å². The maximum Gasteiger partial charge on any atom is 0.226 e. The van der Waals surface area contributed by atoms with Crippen molar-refractivity contribution in [2.24, 2.45) is 5.73 Å². The first-order chi connectivity index (χ1) is 6.40. The monoisotopic (exact) mass is 175 g/mol. The molecule has 0 spiro atoms. The van der Waals surface area contributed by atoms with E-state index in [1.165, 1.54) is 0 Å². The number of aromatic nitrogens is 2. The summed E-state index contributed by atoms with van der Waals surface area (Å²) in [6, 6.07) is 3.68. The Bertz CT molecular complexity index is 383. The van der Waals surface area contributed by atoms with E-state index < -0.39 is 0 Å². The Kier molecular flexibility index (Phi) is 2.06. The summed E-state index contributed by atoms with van der Waals surface area (Å²) in [5, 5.41) is 0. The Morgan fingerprint density at radius 3 is 2.69 bits per heavy atom. The first kappa shape index (κ1) is 7.94. The maximum absolute atomic E-state index is 5.41. The molecule has 2 aromatic heterocycles. The Hall–Kier alpha value is -1.68. The zero-order chi connectivity index (χ0) is 9.10. The van der Waals surface area contributed by atoms with Crippen LogP contribution in [0, 0.1) is 0 Å². The quantitative estimate of drug-likeness (QED) is 0.744. The first-order valence-electron chi connectivity index (χ1n) is 3.95. The van der Waals surface area contributed by atoms with Crippen molar-refractivity contribution in [1.82, 2.24) is 9.97 Å². The molecule has 0 saturated carbocycles. The van der Waals surface area contributed by atoms with Crippen molar-refractivity contribution in [3.63, 3.8) is 0 Å². The van der Waals surface area contributed by atoms with E-state index in [1.807, 2.05) is 12.1 Å². The molecule has 2 aromatic rings. The average molecular weight is 175 g/mol. The minimum absolute atomic E-state index is 0.397. The summed E-state index contributed by atoms with van der Waals surface area (Å²) in [6.07, 6.45) is 4.96. The van der Waals surface area contributed by atoms with E-state index in [9.17, 15) is 0 Å². The molecule has 0 bridgehead atoms. The molecule has 4 nitrogen and oxygen atoms in total. The van der Waals surface area contributed by atoms with Crippen LogP contribution in [-0.2, 0) is 6.54 Å². The van der Waals surface area contributed by atoms with Crippen LogP contribution in [0.2, 0.25) is 0 Å². The highest BCUT2D eigenvalue weighted by Gasteiger charge is 2.03. The number of nitrogens with zero attached hydrogens (tertiary/aromatic N) is 2. The molecule has 0 aliphatic rings. The molecule has 13 heavy (non-hydrogen) atoms. The highest BCUT2D eigenvalue weighted by molar-refractivity contribution is 5.51. The summed E-state index contributed by atoms with van der Waals surface area (Å²) < 4.78 is 5.22. The molecule has 2 heterocycles. The molecule has 0 aliphatic carbocycles. The van der Waals surface area contributed by atoms with Crippen molar-refractivity contribution in [2.45, 2.75) is 6.54 Å². The van der Waals surface area contributed by atoms with Gasteiger partial charge in [0.25, 0.3) is 0 Å². The second kappa shape index (κ2) is 3.37. The summed E-state index contributed by atoms with van der Waals surface area (Å²) in [5.74, 6) is 0.586. The third-order valence-corrected chi connectivity index (χ3v) is 1.69. The standard InChI is InChI=1S/C9H9N3O/c10-5-8-6-13-9(12-8)7-1-3-11-4-2-7/h1-4,6H,5,10H2. The fraction of sp³-hybridized carbons (Fsp3) is 0.111. The van der Waals surface area contributed by atoms with Gasteiger partial charge in [0.05, 0.1) is 5.69 Å².